The zero-order valence-corrected chi connectivity index (χ0v) is 20.3. The van der Waals surface area contributed by atoms with E-state index in [1.165, 1.54) is 24.3 Å². The van der Waals surface area contributed by atoms with E-state index < -0.39 is 10.7 Å². The summed E-state index contributed by atoms with van der Waals surface area (Å²) in [5.74, 6) is 1.20. The standard InChI is InChI=1S/C27H26ClNO5/c1-17(2)22-15-23(28)18(3)13-27(22)34-16-20-14-19(10-12-26(20)33-4)9-11-25(30)21-7-5-6-8-24(21)29(31)32/h5-15,17H,16H2,1-4H3/b11-9+. The molecule has 0 aliphatic carbocycles. The number of allylic oxidation sites excluding steroid dienone is 1. The van der Waals surface area contributed by atoms with Gasteiger partial charge in [0.15, 0.2) is 5.78 Å². The average molecular weight is 480 g/mol. The molecular weight excluding hydrogens is 454 g/mol. The monoisotopic (exact) mass is 479 g/mol. The highest BCUT2D eigenvalue weighted by atomic mass is 35.5. The van der Waals surface area contributed by atoms with Crippen LogP contribution in [0.4, 0.5) is 5.69 Å². The Hall–Kier alpha value is -3.64. The van der Waals surface area contributed by atoms with Gasteiger partial charge in [-0.2, -0.15) is 0 Å². The van der Waals surface area contributed by atoms with Crippen LogP contribution in [0, 0.1) is 17.0 Å². The topological polar surface area (TPSA) is 78.7 Å². The number of carbonyl (C=O) groups excluding carboxylic acids is 1. The fraction of sp³-hybridized carbons (Fsp3) is 0.222. The molecule has 0 N–H and O–H groups in total. The molecule has 7 heteroatoms. The molecule has 0 saturated carbocycles. The number of methoxy groups -OCH3 is 1. The van der Waals surface area contributed by atoms with Crippen molar-refractivity contribution in [2.45, 2.75) is 33.3 Å². The van der Waals surface area contributed by atoms with Crippen molar-refractivity contribution in [1.29, 1.82) is 0 Å². The first-order valence-electron chi connectivity index (χ1n) is 10.8. The molecule has 34 heavy (non-hydrogen) atoms. The molecule has 0 radical (unpaired) electrons. The average Bonchev–Trinajstić information content (AvgIpc) is 2.82. The normalized spacial score (nSPS) is 11.1. The Labute approximate surface area is 203 Å². The van der Waals surface area contributed by atoms with Gasteiger partial charge in [0.05, 0.1) is 17.6 Å². The van der Waals surface area contributed by atoms with Crippen LogP contribution in [0.5, 0.6) is 11.5 Å². The lowest BCUT2D eigenvalue weighted by molar-refractivity contribution is -0.385. The minimum absolute atomic E-state index is 0.0418. The van der Waals surface area contributed by atoms with E-state index in [-0.39, 0.29) is 23.8 Å². The molecule has 0 aliphatic heterocycles. The van der Waals surface area contributed by atoms with Crippen molar-refractivity contribution in [3.05, 3.63) is 104 Å². The van der Waals surface area contributed by atoms with Gasteiger partial charge in [-0.15, -0.1) is 0 Å². The van der Waals surface area contributed by atoms with Crippen LogP contribution in [0.1, 0.15) is 52.4 Å². The summed E-state index contributed by atoms with van der Waals surface area (Å²) in [6, 6.07) is 15.2. The fourth-order valence-electron chi connectivity index (χ4n) is 3.52. The number of hydrogen-bond donors (Lipinski definition) is 0. The summed E-state index contributed by atoms with van der Waals surface area (Å²) in [4.78, 5) is 23.2. The van der Waals surface area contributed by atoms with Gasteiger partial charge in [-0.25, -0.2) is 0 Å². The molecule has 0 spiro atoms. The molecule has 0 aromatic heterocycles. The van der Waals surface area contributed by atoms with Crippen LogP contribution < -0.4 is 9.47 Å². The molecule has 0 unspecified atom stereocenters. The Morgan fingerprint density at radius 3 is 2.53 bits per heavy atom. The molecule has 0 heterocycles. The number of ether oxygens (including phenoxy) is 2. The summed E-state index contributed by atoms with van der Waals surface area (Å²) < 4.78 is 11.6. The van der Waals surface area contributed by atoms with Gasteiger partial charge < -0.3 is 9.47 Å². The van der Waals surface area contributed by atoms with Crippen molar-refractivity contribution in [2.75, 3.05) is 7.11 Å². The number of nitrogens with zero attached hydrogens (tertiary/aromatic N) is 1. The van der Waals surface area contributed by atoms with E-state index in [9.17, 15) is 14.9 Å². The van der Waals surface area contributed by atoms with E-state index in [0.29, 0.717) is 10.8 Å². The van der Waals surface area contributed by atoms with Gasteiger partial charge >= 0.3 is 0 Å². The molecule has 176 valence electrons. The van der Waals surface area contributed by atoms with Gasteiger partial charge in [0.2, 0.25) is 0 Å². The van der Waals surface area contributed by atoms with Crippen LogP contribution in [-0.2, 0) is 6.61 Å². The molecule has 3 rings (SSSR count). The molecule has 3 aromatic carbocycles. The summed E-state index contributed by atoms with van der Waals surface area (Å²) in [5.41, 5.74) is 3.30. The lowest BCUT2D eigenvalue weighted by atomic mass is 10.0. The zero-order valence-electron chi connectivity index (χ0n) is 19.5. The predicted octanol–water partition coefficient (Wildman–Crippen LogP) is 7.16. The maximum absolute atomic E-state index is 12.6. The smallest absolute Gasteiger partial charge is 0.280 e. The number of aryl methyl sites for hydroxylation is 1. The van der Waals surface area contributed by atoms with Crippen molar-refractivity contribution in [3.8, 4) is 11.5 Å². The van der Waals surface area contributed by atoms with Crippen molar-refractivity contribution in [2.24, 2.45) is 0 Å². The SMILES string of the molecule is COc1ccc(/C=C/C(=O)c2ccccc2[N+](=O)[O-])cc1COc1cc(C)c(Cl)cc1C(C)C. The van der Waals surface area contributed by atoms with Gasteiger partial charge in [-0.05, 0) is 65.9 Å². The lowest BCUT2D eigenvalue weighted by Gasteiger charge is -2.17. The van der Waals surface area contributed by atoms with Gasteiger partial charge in [0, 0.05) is 16.7 Å². The van der Waals surface area contributed by atoms with E-state index >= 15 is 0 Å². The number of para-hydroxylation sites is 1. The highest BCUT2D eigenvalue weighted by Gasteiger charge is 2.17. The number of ketones is 1. The number of nitro groups is 1. The summed E-state index contributed by atoms with van der Waals surface area (Å²) in [6.07, 6.45) is 2.95. The predicted molar refractivity (Wildman–Crippen MR) is 134 cm³/mol. The third kappa shape index (κ3) is 5.83. The Kier molecular flexibility index (Phi) is 8.08. The lowest BCUT2D eigenvalue weighted by Crippen LogP contribution is -2.03. The van der Waals surface area contributed by atoms with E-state index in [1.54, 1.807) is 31.4 Å². The Bertz CT molecular complexity index is 1250. The molecule has 0 saturated heterocycles. The molecular formula is C27H26ClNO5. The molecule has 0 aliphatic rings. The number of halogens is 1. The second-order valence-electron chi connectivity index (χ2n) is 8.13. The Balaban J connectivity index is 1.84. The summed E-state index contributed by atoms with van der Waals surface area (Å²) in [5, 5.41) is 11.9. The second-order valence-corrected chi connectivity index (χ2v) is 8.53. The molecule has 0 fully saturated rings. The fourth-order valence-corrected chi connectivity index (χ4v) is 3.69. The highest BCUT2D eigenvalue weighted by Crippen LogP contribution is 2.33. The van der Waals surface area contributed by atoms with E-state index in [4.69, 9.17) is 21.1 Å². The number of carbonyl (C=O) groups is 1. The van der Waals surface area contributed by atoms with Gasteiger partial charge in [-0.3, -0.25) is 14.9 Å². The third-order valence-electron chi connectivity index (χ3n) is 5.39. The minimum atomic E-state index is -0.562. The maximum Gasteiger partial charge on any atom is 0.280 e. The Morgan fingerprint density at radius 1 is 1.12 bits per heavy atom. The highest BCUT2D eigenvalue weighted by molar-refractivity contribution is 6.31. The zero-order chi connectivity index (χ0) is 24.8. The van der Waals surface area contributed by atoms with E-state index in [0.717, 1.165) is 28.0 Å². The quantitative estimate of drug-likeness (QED) is 0.141. The molecule has 0 amide bonds. The maximum atomic E-state index is 12.6. The van der Waals surface area contributed by atoms with Crippen LogP contribution in [0.3, 0.4) is 0 Å². The second kappa shape index (κ2) is 11.0. The third-order valence-corrected chi connectivity index (χ3v) is 5.80. The first kappa shape index (κ1) is 25.0. The van der Waals surface area contributed by atoms with Crippen LogP contribution in [0.2, 0.25) is 5.02 Å². The van der Waals surface area contributed by atoms with Crippen LogP contribution >= 0.6 is 11.6 Å². The first-order valence-corrected chi connectivity index (χ1v) is 11.1. The van der Waals surface area contributed by atoms with Crippen molar-refractivity contribution in [3.63, 3.8) is 0 Å². The summed E-state index contributed by atoms with van der Waals surface area (Å²) in [7, 11) is 1.58. The van der Waals surface area contributed by atoms with Crippen molar-refractivity contribution in [1.82, 2.24) is 0 Å². The largest absolute Gasteiger partial charge is 0.496 e. The van der Waals surface area contributed by atoms with Crippen LogP contribution in [-0.4, -0.2) is 17.8 Å². The van der Waals surface area contributed by atoms with E-state index in [2.05, 4.69) is 13.8 Å². The van der Waals surface area contributed by atoms with Gasteiger partial charge in [0.1, 0.15) is 18.1 Å². The van der Waals surface area contributed by atoms with Gasteiger partial charge in [-0.1, -0.05) is 49.7 Å². The van der Waals surface area contributed by atoms with E-state index in [1.807, 2.05) is 25.1 Å². The van der Waals surface area contributed by atoms with Crippen molar-refractivity contribution >= 4 is 29.1 Å². The van der Waals surface area contributed by atoms with Gasteiger partial charge in [0.25, 0.3) is 5.69 Å². The number of rotatable bonds is 9. The number of hydrogen-bond acceptors (Lipinski definition) is 5. The molecule has 0 bridgehead atoms. The van der Waals surface area contributed by atoms with Crippen LogP contribution in [0.15, 0.2) is 60.7 Å². The minimum Gasteiger partial charge on any atom is -0.496 e. The molecule has 3 aromatic rings. The van der Waals surface area contributed by atoms with Crippen LogP contribution in [0.25, 0.3) is 6.08 Å². The molecule has 6 nitrogen and oxygen atoms in total. The summed E-state index contributed by atoms with van der Waals surface area (Å²) in [6.45, 7) is 6.34. The van der Waals surface area contributed by atoms with Crippen molar-refractivity contribution < 1.29 is 19.2 Å². The Morgan fingerprint density at radius 2 is 1.85 bits per heavy atom. The number of nitro benzene ring substituents is 1. The molecule has 0 atom stereocenters. The summed E-state index contributed by atoms with van der Waals surface area (Å²) >= 11 is 6.30. The first-order chi connectivity index (χ1) is 16.2. The number of benzene rings is 3.